The Bertz CT molecular complexity index is 948. The van der Waals surface area contributed by atoms with Gasteiger partial charge in [-0.25, -0.2) is 0 Å². The zero-order valence-electron chi connectivity index (χ0n) is 15.2. The van der Waals surface area contributed by atoms with E-state index in [0.29, 0.717) is 18.1 Å². The summed E-state index contributed by atoms with van der Waals surface area (Å²) in [5.74, 6) is 0.880. The van der Waals surface area contributed by atoms with Crippen LogP contribution in [0.25, 0.3) is 11.5 Å². The van der Waals surface area contributed by atoms with Gasteiger partial charge in [-0.1, -0.05) is 11.2 Å². The minimum Gasteiger partial charge on any atom is -0.494 e. The van der Waals surface area contributed by atoms with Gasteiger partial charge in [0.25, 0.3) is 5.91 Å². The summed E-state index contributed by atoms with van der Waals surface area (Å²) in [6.07, 6.45) is 4.51. The smallest absolute Gasteiger partial charge is 0.322 e. The summed E-state index contributed by atoms with van der Waals surface area (Å²) in [7, 11) is 0. The number of carbonyl (C=O) groups excluding carboxylic acids is 1. The lowest BCUT2D eigenvalue weighted by atomic mass is 9.90. The van der Waals surface area contributed by atoms with Crippen LogP contribution >= 0.6 is 0 Å². The first-order valence-corrected chi connectivity index (χ1v) is 9.23. The summed E-state index contributed by atoms with van der Waals surface area (Å²) in [4.78, 5) is 12.5. The number of carbonyl (C=O) groups is 1. The molecule has 1 N–H and O–H groups in total. The Morgan fingerprint density at radius 2 is 1.85 bits per heavy atom. The zero-order chi connectivity index (χ0) is 18.6. The monoisotopic (exact) mass is 363 g/mol. The number of amides is 1. The Balaban J connectivity index is 1.46. The van der Waals surface area contributed by atoms with Crippen LogP contribution in [0, 0.1) is 0 Å². The largest absolute Gasteiger partial charge is 0.494 e. The first kappa shape index (κ1) is 17.3. The summed E-state index contributed by atoms with van der Waals surface area (Å²) >= 11 is 0. The van der Waals surface area contributed by atoms with Crippen LogP contribution in [0.15, 0.2) is 46.9 Å². The lowest BCUT2D eigenvalue weighted by Crippen LogP contribution is -2.13. The number of ether oxygens (including phenoxy) is 1. The Morgan fingerprint density at radius 1 is 1.07 bits per heavy atom. The normalized spacial score (nSPS) is 13.1. The molecule has 0 radical (unpaired) electrons. The van der Waals surface area contributed by atoms with Gasteiger partial charge in [-0.15, -0.1) is 5.10 Å². The molecule has 1 amide bonds. The van der Waals surface area contributed by atoms with E-state index in [1.54, 1.807) is 0 Å². The lowest BCUT2D eigenvalue weighted by molar-refractivity contribution is 0.102. The molecule has 0 saturated heterocycles. The van der Waals surface area contributed by atoms with Crippen LogP contribution in [0.5, 0.6) is 5.75 Å². The molecular formula is C21H21N3O3. The van der Waals surface area contributed by atoms with Gasteiger partial charge in [0.15, 0.2) is 0 Å². The third kappa shape index (κ3) is 3.84. The van der Waals surface area contributed by atoms with Crippen molar-refractivity contribution in [3.63, 3.8) is 0 Å². The minimum atomic E-state index is -0.245. The molecule has 1 heterocycles. The highest BCUT2D eigenvalue weighted by molar-refractivity contribution is 6.03. The second-order valence-corrected chi connectivity index (χ2v) is 6.51. The topological polar surface area (TPSA) is 77.3 Å². The molecule has 1 aliphatic carbocycles. The van der Waals surface area contributed by atoms with Gasteiger partial charge in [0.05, 0.1) is 6.61 Å². The molecule has 1 aliphatic rings. The van der Waals surface area contributed by atoms with Crippen molar-refractivity contribution in [3.8, 4) is 17.2 Å². The predicted octanol–water partition coefficient (Wildman–Crippen LogP) is 4.27. The maximum Gasteiger partial charge on any atom is 0.322 e. The van der Waals surface area contributed by atoms with E-state index in [1.165, 1.54) is 24.0 Å². The van der Waals surface area contributed by atoms with Gasteiger partial charge in [-0.05, 0) is 80.1 Å². The standard InChI is InChI=1S/C21H21N3O3/c1-2-26-18-11-9-15(10-12-18)20-23-24-21(27-20)22-19(25)17-8-7-14-5-3-4-6-16(14)13-17/h7-13H,2-6H2,1H3,(H,22,24,25). The van der Waals surface area contributed by atoms with E-state index in [-0.39, 0.29) is 11.9 Å². The van der Waals surface area contributed by atoms with Crippen molar-refractivity contribution in [1.29, 1.82) is 0 Å². The minimum absolute atomic E-state index is 0.0848. The molecule has 2 aromatic carbocycles. The van der Waals surface area contributed by atoms with E-state index < -0.39 is 0 Å². The summed E-state index contributed by atoms with van der Waals surface area (Å²) in [6.45, 7) is 2.54. The Kier molecular flexibility index (Phi) is 4.87. The number of rotatable bonds is 5. The van der Waals surface area contributed by atoms with Gasteiger partial charge in [-0.2, -0.15) is 0 Å². The molecule has 0 bridgehead atoms. The molecule has 6 heteroatoms. The van der Waals surface area contributed by atoms with E-state index in [2.05, 4.69) is 15.5 Å². The zero-order valence-corrected chi connectivity index (χ0v) is 15.2. The van der Waals surface area contributed by atoms with Crippen molar-refractivity contribution in [1.82, 2.24) is 10.2 Å². The van der Waals surface area contributed by atoms with Crippen LogP contribution in [-0.4, -0.2) is 22.7 Å². The van der Waals surface area contributed by atoms with Crippen molar-refractivity contribution in [2.75, 3.05) is 11.9 Å². The number of hydrogen-bond donors (Lipinski definition) is 1. The van der Waals surface area contributed by atoms with E-state index in [9.17, 15) is 4.79 Å². The van der Waals surface area contributed by atoms with Gasteiger partial charge in [0, 0.05) is 11.1 Å². The Labute approximate surface area is 157 Å². The van der Waals surface area contributed by atoms with E-state index in [0.717, 1.165) is 24.2 Å². The summed E-state index contributed by atoms with van der Waals surface area (Å²) in [6, 6.07) is 13.3. The molecular weight excluding hydrogens is 342 g/mol. The van der Waals surface area contributed by atoms with Gasteiger partial charge >= 0.3 is 6.01 Å². The SMILES string of the molecule is CCOc1ccc(-c2nnc(NC(=O)c3ccc4c(c3)CCCC4)o2)cc1. The Hall–Kier alpha value is -3.15. The molecule has 0 atom stereocenters. The number of aromatic nitrogens is 2. The van der Waals surface area contributed by atoms with E-state index >= 15 is 0 Å². The fraction of sp³-hybridized carbons (Fsp3) is 0.286. The highest BCUT2D eigenvalue weighted by Crippen LogP contribution is 2.24. The molecule has 0 aliphatic heterocycles. The highest BCUT2D eigenvalue weighted by Gasteiger charge is 2.16. The van der Waals surface area contributed by atoms with Gasteiger partial charge in [0.2, 0.25) is 5.89 Å². The summed E-state index contributed by atoms with van der Waals surface area (Å²) < 4.78 is 11.0. The molecule has 0 fully saturated rings. The van der Waals surface area contributed by atoms with E-state index in [4.69, 9.17) is 9.15 Å². The van der Waals surface area contributed by atoms with Gasteiger partial charge < -0.3 is 9.15 Å². The van der Waals surface area contributed by atoms with Crippen LogP contribution in [0.4, 0.5) is 6.01 Å². The number of fused-ring (bicyclic) bond motifs is 1. The first-order valence-electron chi connectivity index (χ1n) is 9.23. The number of nitrogens with zero attached hydrogens (tertiary/aromatic N) is 2. The molecule has 1 aromatic heterocycles. The van der Waals surface area contributed by atoms with Crippen LogP contribution in [0.1, 0.15) is 41.3 Å². The van der Waals surface area contributed by atoms with Crippen molar-refractivity contribution in [3.05, 3.63) is 59.2 Å². The molecule has 3 aromatic rings. The second-order valence-electron chi connectivity index (χ2n) is 6.51. The second kappa shape index (κ2) is 7.61. The molecule has 138 valence electrons. The fourth-order valence-corrected chi connectivity index (χ4v) is 3.29. The van der Waals surface area contributed by atoms with Crippen LogP contribution in [0.2, 0.25) is 0 Å². The molecule has 4 rings (SSSR count). The number of hydrogen-bond acceptors (Lipinski definition) is 5. The van der Waals surface area contributed by atoms with E-state index in [1.807, 2.05) is 49.4 Å². The highest BCUT2D eigenvalue weighted by atomic mass is 16.5. The quantitative estimate of drug-likeness (QED) is 0.733. The molecule has 27 heavy (non-hydrogen) atoms. The average molecular weight is 363 g/mol. The van der Waals surface area contributed by atoms with Crippen molar-refractivity contribution in [2.45, 2.75) is 32.6 Å². The third-order valence-corrected chi connectivity index (χ3v) is 4.67. The fourth-order valence-electron chi connectivity index (χ4n) is 3.29. The Morgan fingerprint density at radius 3 is 2.63 bits per heavy atom. The molecule has 6 nitrogen and oxygen atoms in total. The van der Waals surface area contributed by atoms with Crippen LogP contribution < -0.4 is 10.1 Å². The number of benzene rings is 2. The van der Waals surface area contributed by atoms with Crippen LogP contribution in [0.3, 0.4) is 0 Å². The summed E-state index contributed by atoms with van der Waals surface area (Å²) in [5.41, 5.74) is 3.97. The third-order valence-electron chi connectivity index (χ3n) is 4.67. The van der Waals surface area contributed by atoms with Gasteiger partial charge in [-0.3, -0.25) is 10.1 Å². The molecule has 0 spiro atoms. The number of nitrogens with one attached hydrogen (secondary N) is 1. The van der Waals surface area contributed by atoms with Gasteiger partial charge in [0.1, 0.15) is 5.75 Å². The maximum atomic E-state index is 12.5. The lowest BCUT2D eigenvalue weighted by Gasteiger charge is -2.16. The summed E-state index contributed by atoms with van der Waals surface area (Å²) in [5, 5.41) is 10.6. The number of anilines is 1. The van der Waals surface area contributed by atoms with Crippen LogP contribution in [-0.2, 0) is 12.8 Å². The average Bonchev–Trinajstić information content (AvgIpc) is 3.17. The first-order chi connectivity index (χ1) is 13.2. The van der Waals surface area contributed by atoms with Crippen molar-refractivity contribution < 1.29 is 13.9 Å². The van der Waals surface area contributed by atoms with Crippen molar-refractivity contribution in [2.24, 2.45) is 0 Å². The number of aryl methyl sites for hydroxylation is 2. The molecule has 0 unspecified atom stereocenters. The predicted molar refractivity (Wildman–Crippen MR) is 102 cm³/mol. The maximum absolute atomic E-state index is 12.5. The molecule has 0 saturated carbocycles. The van der Waals surface area contributed by atoms with Crippen molar-refractivity contribution >= 4 is 11.9 Å².